The number of rotatable bonds is 4. The number of benzene rings is 1. The molecule has 1 aromatic carbocycles. The normalized spacial score (nSPS) is 22.5. The molecule has 1 saturated heterocycles. The molecule has 4 N–H and O–H groups in total. The maximum Gasteiger partial charge on any atom is 0.268 e. The molecule has 2 unspecified atom stereocenters. The fourth-order valence-electron chi connectivity index (χ4n) is 2.79. The lowest BCUT2D eigenvalue weighted by atomic mass is 9.94. The molecular formula is C17H21N3O2. The number of aromatic nitrogens is 1. The molecule has 1 aliphatic heterocycles. The molecule has 0 spiro atoms. The van der Waals surface area contributed by atoms with Crippen LogP contribution in [-0.2, 0) is 0 Å². The van der Waals surface area contributed by atoms with E-state index in [-0.39, 0.29) is 11.9 Å². The number of H-pyrrole nitrogens is 1. The smallest absolute Gasteiger partial charge is 0.268 e. The molecule has 1 fully saturated rings. The zero-order chi connectivity index (χ0) is 15.6. The van der Waals surface area contributed by atoms with Crippen molar-refractivity contribution in [2.75, 3.05) is 13.1 Å². The quantitative estimate of drug-likeness (QED) is 0.691. The number of nitrogens with one attached hydrogen (secondary N) is 3. The molecule has 3 rings (SSSR count). The molecule has 1 aromatic heterocycles. The Kier molecular flexibility index (Phi) is 4.00. The van der Waals surface area contributed by atoms with E-state index in [9.17, 15) is 9.90 Å². The van der Waals surface area contributed by atoms with Crippen molar-refractivity contribution in [3.05, 3.63) is 48.2 Å². The van der Waals surface area contributed by atoms with Crippen molar-refractivity contribution in [2.45, 2.75) is 25.0 Å². The summed E-state index contributed by atoms with van der Waals surface area (Å²) in [5.41, 5.74) is 1.57. The van der Waals surface area contributed by atoms with Gasteiger partial charge in [-0.05, 0) is 37.6 Å². The molecule has 1 aliphatic rings. The van der Waals surface area contributed by atoms with Crippen molar-refractivity contribution < 1.29 is 9.90 Å². The van der Waals surface area contributed by atoms with E-state index in [4.69, 9.17) is 0 Å². The van der Waals surface area contributed by atoms with Crippen molar-refractivity contribution in [2.24, 2.45) is 0 Å². The van der Waals surface area contributed by atoms with Crippen LogP contribution in [0, 0.1) is 0 Å². The lowest BCUT2D eigenvalue weighted by Gasteiger charge is -2.29. The molecule has 1 amide bonds. The van der Waals surface area contributed by atoms with Gasteiger partial charge in [-0.3, -0.25) is 4.79 Å². The first-order chi connectivity index (χ1) is 10.6. The minimum Gasteiger partial charge on any atom is -0.386 e. The van der Waals surface area contributed by atoms with Crippen LogP contribution in [0.1, 0.15) is 23.8 Å². The van der Waals surface area contributed by atoms with Crippen LogP contribution >= 0.6 is 0 Å². The topological polar surface area (TPSA) is 77.2 Å². The van der Waals surface area contributed by atoms with E-state index in [1.807, 2.05) is 43.3 Å². The summed E-state index contributed by atoms with van der Waals surface area (Å²) in [6, 6.07) is 13.2. The van der Waals surface area contributed by atoms with Crippen LogP contribution in [0.5, 0.6) is 0 Å². The molecule has 116 valence electrons. The SMILES string of the molecule is CC(NC(=O)c1ccc(-c2ccccc2)[nH]1)C1(O)CCNC1. The number of hydrogen-bond donors (Lipinski definition) is 4. The lowest BCUT2D eigenvalue weighted by Crippen LogP contribution is -2.52. The second-order valence-electron chi connectivity index (χ2n) is 5.88. The summed E-state index contributed by atoms with van der Waals surface area (Å²) in [4.78, 5) is 15.5. The first kappa shape index (κ1) is 14.8. The lowest BCUT2D eigenvalue weighted by molar-refractivity contribution is 0.0256. The molecule has 0 bridgehead atoms. The Morgan fingerprint density at radius 1 is 1.27 bits per heavy atom. The predicted molar refractivity (Wildman–Crippen MR) is 85.6 cm³/mol. The van der Waals surface area contributed by atoms with E-state index in [2.05, 4.69) is 15.6 Å². The highest BCUT2D eigenvalue weighted by atomic mass is 16.3. The molecular weight excluding hydrogens is 278 g/mol. The van der Waals surface area contributed by atoms with E-state index in [0.717, 1.165) is 17.8 Å². The summed E-state index contributed by atoms with van der Waals surface area (Å²) in [7, 11) is 0. The highest BCUT2D eigenvalue weighted by Crippen LogP contribution is 2.20. The van der Waals surface area contributed by atoms with Gasteiger partial charge in [0.1, 0.15) is 5.69 Å². The number of aliphatic hydroxyl groups is 1. The molecule has 5 nitrogen and oxygen atoms in total. The van der Waals surface area contributed by atoms with Gasteiger partial charge in [0.2, 0.25) is 0 Å². The number of carbonyl (C=O) groups excluding carboxylic acids is 1. The Morgan fingerprint density at radius 3 is 2.73 bits per heavy atom. The summed E-state index contributed by atoms with van der Waals surface area (Å²) < 4.78 is 0. The van der Waals surface area contributed by atoms with Crippen LogP contribution in [0.4, 0.5) is 0 Å². The van der Waals surface area contributed by atoms with Gasteiger partial charge in [0, 0.05) is 12.2 Å². The van der Waals surface area contributed by atoms with Crippen LogP contribution in [0.3, 0.4) is 0 Å². The minimum absolute atomic E-state index is 0.199. The first-order valence-corrected chi connectivity index (χ1v) is 7.57. The molecule has 2 heterocycles. The zero-order valence-electron chi connectivity index (χ0n) is 12.6. The fourth-order valence-corrected chi connectivity index (χ4v) is 2.79. The first-order valence-electron chi connectivity index (χ1n) is 7.57. The van der Waals surface area contributed by atoms with Crippen molar-refractivity contribution in [1.29, 1.82) is 0 Å². The fraction of sp³-hybridized carbons (Fsp3) is 0.353. The molecule has 2 atom stereocenters. The van der Waals surface area contributed by atoms with Crippen molar-refractivity contribution in [3.8, 4) is 11.3 Å². The third kappa shape index (κ3) is 2.91. The predicted octanol–water partition coefficient (Wildman–Crippen LogP) is 1.52. The van der Waals surface area contributed by atoms with Crippen molar-refractivity contribution in [3.63, 3.8) is 0 Å². The van der Waals surface area contributed by atoms with E-state index in [0.29, 0.717) is 18.7 Å². The van der Waals surface area contributed by atoms with E-state index in [1.54, 1.807) is 6.07 Å². The van der Waals surface area contributed by atoms with Gasteiger partial charge >= 0.3 is 0 Å². The van der Waals surface area contributed by atoms with Crippen LogP contribution in [-0.4, -0.2) is 40.7 Å². The third-order valence-corrected chi connectivity index (χ3v) is 4.33. The third-order valence-electron chi connectivity index (χ3n) is 4.33. The molecule has 0 radical (unpaired) electrons. The Labute approximate surface area is 129 Å². The summed E-state index contributed by atoms with van der Waals surface area (Å²) in [5.74, 6) is -0.199. The van der Waals surface area contributed by atoms with Gasteiger partial charge in [0.15, 0.2) is 0 Å². The molecule has 2 aromatic rings. The average Bonchev–Trinajstić information content (AvgIpc) is 3.18. The number of aromatic amines is 1. The number of carbonyl (C=O) groups is 1. The van der Waals surface area contributed by atoms with Gasteiger partial charge in [0.05, 0.1) is 11.6 Å². The largest absolute Gasteiger partial charge is 0.386 e. The highest BCUT2D eigenvalue weighted by molar-refractivity contribution is 5.93. The standard InChI is InChI=1S/C17H21N3O2/c1-12(17(22)9-10-18-11-17)19-16(21)15-8-7-14(20-15)13-5-3-2-4-6-13/h2-8,12,18,20,22H,9-11H2,1H3,(H,19,21). The van der Waals surface area contributed by atoms with Crippen LogP contribution < -0.4 is 10.6 Å². The van der Waals surface area contributed by atoms with Gasteiger partial charge in [-0.25, -0.2) is 0 Å². The number of β-amino-alcohol motifs (C(OH)–C–C–N with tert-alkyl or cyclic N) is 1. The maximum atomic E-state index is 12.3. The number of hydrogen-bond acceptors (Lipinski definition) is 3. The second-order valence-corrected chi connectivity index (χ2v) is 5.88. The van der Waals surface area contributed by atoms with E-state index < -0.39 is 5.60 Å². The average molecular weight is 299 g/mol. The molecule has 0 aliphatic carbocycles. The Morgan fingerprint density at radius 2 is 2.05 bits per heavy atom. The van der Waals surface area contributed by atoms with E-state index >= 15 is 0 Å². The van der Waals surface area contributed by atoms with Gasteiger partial charge in [-0.15, -0.1) is 0 Å². The highest BCUT2D eigenvalue weighted by Gasteiger charge is 2.37. The van der Waals surface area contributed by atoms with Gasteiger partial charge in [0.25, 0.3) is 5.91 Å². The van der Waals surface area contributed by atoms with E-state index in [1.165, 1.54) is 0 Å². The van der Waals surface area contributed by atoms with Gasteiger partial charge < -0.3 is 20.7 Å². The Bertz CT molecular complexity index is 645. The van der Waals surface area contributed by atoms with Crippen LogP contribution in [0.2, 0.25) is 0 Å². The Hall–Kier alpha value is -2.11. The monoisotopic (exact) mass is 299 g/mol. The van der Waals surface area contributed by atoms with Crippen LogP contribution in [0.25, 0.3) is 11.3 Å². The van der Waals surface area contributed by atoms with Crippen molar-refractivity contribution >= 4 is 5.91 Å². The summed E-state index contributed by atoms with van der Waals surface area (Å²) in [6.45, 7) is 3.12. The van der Waals surface area contributed by atoms with Crippen molar-refractivity contribution in [1.82, 2.24) is 15.6 Å². The van der Waals surface area contributed by atoms with Gasteiger partial charge in [-0.1, -0.05) is 30.3 Å². The van der Waals surface area contributed by atoms with Crippen LogP contribution in [0.15, 0.2) is 42.5 Å². The molecule has 5 heteroatoms. The molecule has 22 heavy (non-hydrogen) atoms. The number of amides is 1. The summed E-state index contributed by atoms with van der Waals surface area (Å²) in [5, 5.41) is 16.5. The maximum absolute atomic E-state index is 12.3. The second kappa shape index (κ2) is 5.94. The van der Waals surface area contributed by atoms with Gasteiger partial charge in [-0.2, -0.15) is 0 Å². The summed E-state index contributed by atoms with van der Waals surface area (Å²) >= 11 is 0. The minimum atomic E-state index is -0.871. The summed E-state index contributed by atoms with van der Waals surface area (Å²) in [6.07, 6.45) is 0.647. The molecule has 0 saturated carbocycles. The zero-order valence-corrected chi connectivity index (χ0v) is 12.6. The Balaban J connectivity index is 1.69.